The van der Waals surface area contributed by atoms with E-state index in [9.17, 15) is 9.59 Å². The van der Waals surface area contributed by atoms with Gasteiger partial charge in [-0.05, 0) is 19.4 Å². The summed E-state index contributed by atoms with van der Waals surface area (Å²) in [6.07, 6.45) is 2.01. The minimum absolute atomic E-state index is 0.0314. The minimum Gasteiger partial charge on any atom is -0.480 e. The summed E-state index contributed by atoms with van der Waals surface area (Å²) in [5.74, 6) is -1.04. The summed E-state index contributed by atoms with van der Waals surface area (Å²) in [5, 5.41) is 11.8. The van der Waals surface area contributed by atoms with Gasteiger partial charge in [-0.2, -0.15) is 0 Å². The summed E-state index contributed by atoms with van der Waals surface area (Å²) in [4.78, 5) is 22.9. The molecular formula is C14H20N2O3. The highest BCUT2D eigenvalue weighted by Crippen LogP contribution is 2.03. The average molecular weight is 264 g/mol. The van der Waals surface area contributed by atoms with Crippen LogP contribution in [-0.4, -0.2) is 36.0 Å². The fraction of sp³-hybridized carbons (Fsp3) is 0.429. The lowest BCUT2D eigenvalue weighted by Gasteiger charge is -2.13. The predicted molar refractivity (Wildman–Crippen MR) is 73.1 cm³/mol. The highest BCUT2D eigenvalue weighted by Gasteiger charge is 2.17. The zero-order chi connectivity index (χ0) is 14.1. The highest BCUT2D eigenvalue weighted by molar-refractivity contribution is 5.97. The first kappa shape index (κ1) is 15.3. The Hall–Kier alpha value is -1.72. The predicted octanol–water partition coefficient (Wildman–Crippen LogP) is 1.04. The molecule has 0 amide bonds. The topological polar surface area (TPSA) is 92.4 Å². The van der Waals surface area contributed by atoms with E-state index in [2.05, 4.69) is 5.32 Å². The van der Waals surface area contributed by atoms with Crippen LogP contribution in [0.3, 0.4) is 0 Å². The van der Waals surface area contributed by atoms with E-state index in [1.807, 2.05) is 6.07 Å². The van der Waals surface area contributed by atoms with Gasteiger partial charge in [0.15, 0.2) is 5.78 Å². The zero-order valence-corrected chi connectivity index (χ0v) is 10.8. The van der Waals surface area contributed by atoms with E-state index in [0.29, 0.717) is 18.5 Å². The van der Waals surface area contributed by atoms with Crippen molar-refractivity contribution in [3.8, 4) is 0 Å². The number of ketones is 1. The van der Waals surface area contributed by atoms with Crippen molar-refractivity contribution in [3.05, 3.63) is 35.9 Å². The largest absolute Gasteiger partial charge is 0.480 e. The Morgan fingerprint density at radius 3 is 2.47 bits per heavy atom. The van der Waals surface area contributed by atoms with Gasteiger partial charge in [-0.1, -0.05) is 36.8 Å². The van der Waals surface area contributed by atoms with E-state index in [-0.39, 0.29) is 12.3 Å². The number of carboxylic acid groups (broad SMARTS) is 1. The summed E-state index contributed by atoms with van der Waals surface area (Å²) in [6, 6.07) is 8.13. The number of carboxylic acids is 1. The molecule has 0 aliphatic rings. The minimum atomic E-state index is -0.933. The molecule has 19 heavy (non-hydrogen) atoms. The molecule has 0 radical (unpaired) electrons. The second kappa shape index (κ2) is 8.39. The quantitative estimate of drug-likeness (QED) is 0.458. The second-order valence-electron chi connectivity index (χ2n) is 4.35. The fourth-order valence-electron chi connectivity index (χ4n) is 1.75. The summed E-state index contributed by atoms with van der Waals surface area (Å²) in [6.45, 7) is 0.582. The van der Waals surface area contributed by atoms with E-state index < -0.39 is 12.0 Å². The fourth-order valence-corrected chi connectivity index (χ4v) is 1.75. The van der Waals surface area contributed by atoms with Crippen LogP contribution < -0.4 is 11.1 Å². The number of hydrogen-bond acceptors (Lipinski definition) is 4. The molecule has 5 nitrogen and oxygen atoms in total. The summed E-state index contributed by atoms with van der Waals surface area (Å²) >= 11 is 0. The molecule has 1 aromatic carbocycles. The van der Waals surface area contributed by atoms with Crippen molar-refractivity contribution in [1.82, 2.24) is 5.32 Å². The van der Waals surface area contributed by atoms with Crippen molar-refractivity contribution in [2.45, 2.75) is 25.3 Å². The van der Waals surface area contributed by atoms with Crippen LogP contribution in [0.4, 0.5) is 0 Å². The van der Waals surface area contributed by atoms with E-state index in [4.69, 9.17) is 10.8 Å². The standard InChI is InChI=1S/C14H20N2O3/c15-9-5-4-8-12(14(18)19)16-10-13(17)11-6-2-1-3-7-11/h1-3,6-7,12,16H,4-5,8-10,15H2,(H,18,19)/t12-/m0/s1. The van der Waals surface area contributed by atoms with Crippen molar-refractivity contribution >= 4 is 11.8 Å². The third-order valence-corrected chi connectivity index (χ3v) is 2.85. The molecule has 0 heterocycles. The lowest BCUT2D eigenvalue weighted by atomic mass is 10.1. The van der Waals surface area contributed by atoms with E-state index in [0.717, 1.165) is 12.8 Å². The van der Waals surface area contributed by atoms with Crippen LogP contribution in [0.25, 0.3) is 0 Å². The summed E-state index contributed by atoms with van der Waals surface area (Å²) in [5.41, 5.74) is 5.95. The molecule has 104 valence electrons. The maximum absolute atomic E-state index is 11.8. The van der Waals surface area contributed by atoms with Crippen LogP contribution >= 0.6 is 0 Å². The van der Waals surface area contributed by atoms with Gasteiger partial charge in [0.2, 0.25) is 0 Å². The number of nitrogens with one attached hydrogen (secondary N) is 1. The van der Waals surface area contributed by atoms with Crippen molar-refractivity contribution in [2.75, 3.05) is 13.1 Å². The van der Waals surface area contributed by atoms with E-state index >= 15 is 0 Å². The molecule has 0 fully saturated rings. The number of nitrogens with two attached hydrogens (primary N) is 1. The van der Waals surface area contributed by atoms with Crippen LogP contribution in [0.5, 0.6) is 0 Å². The molecule has 0 saturated carbocycles. The van der Waals surface area contributed by atoms with Gasteiger partial charge < -0.3 is 10.8 Å². The van der Waals surface area contributed by atoms with E-state index in [1.165, 1.54) is 0 Å². The van der Waals surface area contributed by atoms with Gasteiger partial charge in [0, 0.05) is 5.56 Å². The van der Waals surface area contributed by atoms with Crippen LogP contribution in [0.15, 0.2) is 30.3 Å². The van der Waals surface area contributed by atoms with Crippen molar-refractivity contribution < 1.29 is 14.7 Å². The number of aliphatic carboxylic acids is 1. The molecule has 1 rings (SSSR count). The molecular weight excluding hydrogens is 244 g/mol. The highest BCUT2D eigenvalue weighted by atomic mass is 16.4. The number of rotatable bonds is 9. The second-order valence-corrected chi connectivity index (χ2v) is 4.35. The van der Waals surface area contributed by atoms with Gasteiger partial charge in [0.25, 0.3) is 0 Å². The van der Waals surface area contributed by atoms with Gasteiger partial charge in [-0.3, -0.25) is 14.9 Å². The van der Waals surface area contributed by atoms with Gasteiger partial charge in [0.1, 0.15) is 6.04 Å². The van der Waals surface area contributed by atoms with Crippen molar-refractivity contribution in [1.29, 1.82) is 0 Å². The Labute approximate surface area is 112 Å². The number of carbonyl (C=O) groups is 2. The molecule has 1 aromatic rings. The van der Waals surface area contributed by atoms with Crippen molar-refractivity contribution in [3.63, 3.8) is 0 Å². The maximum atomic E-state index is 11.8. The van der Waals surface area contributed by atoms with E-state index in [1.54, 1.807) is 24.3 Å². The molecule has 0 saturated heterocycles. The molecule has 0 bridgehead atoms. The number of unbranched alkanes of at least 4 members (excludes halogenated alkanes) is 1. The number of hydrogen-bond donors (Lipinski definition) is 3. The van der Waals surface area contributed by atoms with Gasteiger partial charge in [-0.15, -0.1) is 0 Å². The summed E-state index contributed by atoms with van der Waals surface area (Å²) < 4.78 is 0. The Morgan fingerprint density at radius 1 is 1.21 bits per heavy atom. The number of Topliss-reactive ketones (excluding diaryl/α,β-unsaturated/α-hetero) is 1. The first-order valence-electron chi connectivity index (χ1n) is 6.39. The average Bonchev–Trinajstić information content (AvgIpc) is 2.43. The first-order valence-corrected chi connectivity index (χ1v) is 6.39. The van der Waals surface area contributed by atoms with Crippen LogP contribution in [0, 0.1) is 0 Å². The molecule has 4 N–H and O–H groups in total. The lowest BCUT2D eigenvalue weighted by Crippen LogP contribution is -2.39. The third kappa shape index (κ3) is 5.63. The number of benzene rings is 1. The smallest absolute Gasteiger partial charge is 0.320 e. The Bertz CT molecular complexity index is 406. The molecule has 0 unspecified atom stereocenters. The summed E-state index contributed by atoms with van der Waals surface area (Å²) in [7, 11) is 0. The Balaban J connectivity index is 2.43. The zero-order valence-electron chi connectivity index (χ0n) is 10.8. The normalized spacial score (nSPS) is 12.1. The SMILES string of the molecule is NCCCC[C@H](NCC(=O)c1ccccc1)C(=O)O. The Kier molecular flexibility index (Phi) is 6.78. The molecule has 1 atom stereocenters. The van der Waals surface area contributed by atoms with Gasteiger partial charge in [0.05, 0.1) is 6.54 Å². The van der Waals surface area contributed by atoms with Crippen LogP contribution in [0.2, 0.25) is 0 Å². The maximum Gasteiger partial charge on any atom is 0.320 e. The molecule has 0 spiro atoms. The number of carbonyl (C=O) groups excluding carboxylic acids is 1. The van der Waals surface area contributed by atoms with Crippen LogP contribution in [-0.2, 0) is 4.79 Å². The van der Waals surface area contributed by atoms with Gasteiger partial charge >= 0.3 is 5.97 Å². The molecule has 5 heteroatoms. The molecule has 0 aromatic heterocycles. The first-order chi connectivity index (χ1) is 9.15. The monoisotopic (exact) mass is 264 g/mol. The van der Waals surface area contributed by atoms with Gasteiger partial charge in [-0.25, -0.2) is 0 Å². The molecule has 0 aliphatic heterocycles. The Morgan fingerprint density at radius 2 is 1.89 bits per heavy atom. The molecule has 0 aliphatic carbocycles. The van der Waals surface area contributed by atoms with Crippen molar-refractivity contribution in [2.24, 2.45) is 5.73 Å². The third-order valence-electron chi connectivity index (χ3n) is 2.85. The lowest BCUT2D eigenvalue weighted by molar-refractivity contribution is -0.139. The van der Waals surface area contributed by atoms with Crippen LogP contribution in [0.1, 0.15) is 29.6 Å².